The van der Waals surface area contributed by atoms with Crippen LogP contribution in [-0.4, -0.2) is 18.0 Å². The van der Waals surface area contributed by atoms with Gasteiger partial charge < -0.3 is 9.47 Å². The Kier molecular flexibility index (Phi) is 14.6. The van der Waals surface area contributed by atoms with Crippen molar-refractivity contribution in [1.82, 2.24) is 0 Å². The number of alkyl halides is 1. The highest BCUT2D eigenvalue weighted by Gasteiger charge is 2.21. The van der Waals surface area contributed by atoms with E-state index < -0.39 is 11.3 Å². The van der Waals surface area contributed by atoms with Crippen LogP contribution in [-0.2, 0) is 4.79 Å². The van der Waals surface area contributed by atoms with Gasteiger partial charge in [-0.15, -0.1) is 11.6 Å². The Hall–Kier alpha value is -2.00. The Labute approximate surface area is 218 Å². The van der Waals surface area contributed by atoms with Crippen LogP contribution in [0.25, 0.3) is 11.1 Å². The van der Waals surface area contributed by atoms with Gasteiger partial charge in [0.1, 0.15) is 16.9 Å². The Bertz CT molecular complexity index is 814. The van der Waals surface area contributed by atoms with Crippen LogP contribution in [0, 0.1) is 5.92 Å². The molecule has 1 atom stereocenters. The van der Waals surface area contributed by atoms with Crippen LogP contribution in [0.15, 0.2) is 48.5 Å². The van der Waals surface area contributed by atoms with Crippen LogP contribution in [0.5, 0.6) is 11.5 Å². The number of hydrogen-bond donors (Lipinski definition) is 0. The third-order valence-electron chi connectivity index (χ3n) is 6.34. The summed E-state index contributed by atoms with van der Waals surface area (Å²) >= 11 is 6.07. The second-order valence-electron chi connectivity index (χ2n) is 9.85. The van der Waals surface area contributed by atoms with E-state index >= 15 is 0 Å². The van der Waals surface area contributed by atoms with Gasteiger partial charge in [-0.05, 0) is 47.7 Å². The summed E-state index contributed by atoms with van der Waals surface area (Å²) in [5, 5.41) is -0.642. The van der Waals surface area contributed by atoms with E-state index in [9.17, 15) is 4.79 Å². The molecule has 0 aliphatic rings. The first-order valence-corrected chi connectivity index (χ1v) is 14.1. The van der Waals surface area contributed by atoms with E-state index in [4.69, 9.17) is 21.1 Å². The van der Waals surface area contributed by atoms with Gasteiger partial charge in [0, 0.05) is 0 Å². The second kappa shape index (κ2) is 17.4. The molecule has 0 aliphatic carbocycles. The van der Waals surface area contributed by atoms with E-state index in [1.165, 1.54) is 70.6 Å². The fourth-order valence-corrected chi connectivity index (χ4v) is 4.08. The Balaban J connectivity index is 1.59. The Morgan fingerprint density at radius 3 is 1.57 bits per heavy atom. The molecule has 194 valence electrons. The average molecular weight is 501 g/mol. The van der Waals surface area contributed by atoms with Gasteiger partial charge in [-0.2, -0.15) is 0 Å². The predicted molar refractivity (Wildman–Crippen MR) is 149 cm³/mol. The molecule has 0 aromatic heterocycles. The Morgan fingerprint density at radius 1 is 0.686 bits per heavy atom. The van der Waals surface area contributed by atoms with Crippen LogP contribution in [0.3, 0.4) is 0 Å². The van der Waals surface area contributed by atoms with Gasteiger partial charge in [-0.3, -0.25) is 4.79 Å². The van der Waals surface area contributed by atoms with Crippen LogP contribution < -0.4 is 9.47 Å². The SMILES string of the molecule is CCCCCCCCCCCCCCOc1ccc(-c2ccc(OC(=O)C(Cl)C(C)C)cc2)cc1. The second-order valence-corrected chi connectivity index (χ2v) is 10.3. The quantitative estimate of drug-likeness (QED) is 0.0883. The predicted octanol–water partition coefficient (Wildman–Crippen LogP) is 9.60. The summed E-state index contributed by atoms with van der Waals surface area (Å²) in [7, 11) is 0. The summed E-state index contributed by atoms with van der Waals surface area (Å²) in [6.07, 6.45) is 16.2. The summed E-state index contributed by atoms with van der Waals surface area (Å²) < 4.78 is 11.3. The smallest absolute Gasteiger partial charge is 0.329 e. The fourth-order valence-electron chi connectivity index (χ4n) is 4.04. The van der Waals surface area contributed by atoms with Crippen LogP contribution in [0.4, 0.5) is 0 Å². The number of esters is 1. The van der Waals surface area contributed by atoms with E-state index in [1.807, 2.05) is 38.1 Å². The lowest BCUT2D eigenvalue weighted by Crippen LogP contribution is -2.25. The van der Waals surface area contributed by atoms with Crippen LogP contribution in [0.2, 0.25) is 0 Å². The number of rotatable bonds is 18. The molecule has 0 saturated heterocycles. The van der Waals surface area contributed by atoms with Crippen molar-refractivity contribution in [3.8, 4) is 22.6 Å². The van der Waals surface area contributed by atoms with Gasteiger partial charge in [0.2, 0.25) is 0 Å². The molecule has 0 spiro atoms. The standard InChI is InChI=1S/C31H45ClO3/c1-4-5-6-7-8-9-10-11-12-13-14-15-24-34-28-20-16-26(17-21-28)27-18-22-29(23-19-27)35-31(33)30(32)25(2)3/h16-23,25,30H,4-15,24H2,1-3H3. The summed E-state index contributed by atoms with van der Waals surface area (Å²) in [6, 6.07) is 15.7. The van der Waals surface area contributed by atoms with Crippen molar-refractivity contribution in [3.05, 3.63) is 48.5 Å². The molecule has 1 unspecified atom stereocenters. The third kappa shape index (κ3) is 12.0. The molecule has 0 bridgehead atoms. The maximum absolute atomic E-state index is 12.0. The molecule has 0 N–H and O–H groups in total. The molecular weight excluding hydrogens is 456 g/mol. The Morgan fingerprint density at radius 2 is 1.11 bits per heavy atom. The number of benzene rings is 2. The number of unbranched alkanes of at least 4 members (excludes halogenated alkanes) is 11. The minimum Gasteiger partial charge on any atom is -0.494 e. The molecular formula is C31H45ClO3. The molecule has 0 radical (unpaired) electrons. The van der Waals surface area contributed by atoms with E-state index in [2.05, 4.69) is 19.1 Å². The highest BCUT2D eigenvalue weighted by molar-refractivity contribution is 6.30. The van der Waals surface area contributed by atoms with E-state index in [0.717, 1.165) is 29.9 Å². The maximum atomic E-state index is 12.0. The topological polar surface area (TPSA) is 35.5 Å². The van der Waals surface area contributed by atoms with E-state index in [1.54, 1.807) is 12.1 Å². The van der Waals surface area contributed by atoms with Crippen molar-refractivity contribution in [2.45, 2.75) is 103 Å². The molecule has 3 nitrogen and oxygen atoms in total. The van der Waals surface area contributed by atoms with E-state index in [-0.39, 0.29) is 5.92 Å². The highest BCUT2D eigenvalue weighted by atomic mass is 35.5. The van der Waals surface area contributed by atoms with Crippen LogP contribution in [0.1, 0.15) is 97.8 Å². The van der Waals surface area contributed by atoms with Crippen molar-refractivity contribution in [2.24, 2.45) is 5.92 Å². The lowest BCUT2D eigenvalue weighted by Gasteiger charge is -2.12. The molecule has 0 saturated carbocycles. The first kappa shape index (κ1) is 29.2. The molecule has 0 amide bonds. The summed E-state index contributed by atoms with van der Waals surface area (Å²) in [4.78, 5) is 12.0. The van der Waals surface area contributed by atoms with Crippen molar-refractivity contribution in [3.63, 3.8) is 0 Å². The highest BCUT2D eigenvalue weighted by Crippen LogP contribution is 2.25. The first-order valence-electron chi connectivity index (χ1n) is 13.7. The van der Waals surface area contributed by atoms with E-state index in [0.29, 0.717) is 5.75 Å². The molecule has 0 heterocycles. The third-order valence-corrected chi connectivity index (χ3v) is 7.02. The molecule has 0 aliphatic heterocycles. The monoisotopic (exact) mass is 500 g/mol. The lowest BCUT2D eigenvalue weighted by molar-refractivity contribution is -0.134. The van der Waals surface area contributed by atoms with Crippen molar-refractivity contribution < 1.29 is 14.3 Å². The average Bonchev–Trinajstić information content (AvgIpc) is 2.87. The maximum Gasteiger partial charge on any atom is 0.329 e. The molecule has 35 heavy (non-hydrogen) atoms. The van der Waals surface area contributed by atoms with Gasteiger partial charge in [-0.25, -0.2) is 0 Å². The molecule has 2 aromatic rings. The molecule has 2 rings (SSSR count). The minimum absolute atomic E-state index is 0.0314. The first-order chi connectivity index (χ1) is 17.0. The number of carbonyl (C=O) groups is 1. The van der Waals surface area contributed by atoms with Gasteiger partial charge in [0.05, 0.1) is 6.61 Å². The zero-order chi connectivity index (χ0) is 25.3. The normalized spacial score (nSPS) is 12.0. The number of hydrogen-bond acceptors (Lipinski definition) is 3. The van der Waals surface area contributed by atoms with Gasteiger partial charge in [0.25, 0.3) is 0 Å². The molecule has 4 heteroatoms. The summed E-state index contributed by atoms with van der Waals surface area (Å²) in [5.74, 6) is 1.03. The van der Waals surface area contributed by atoms with Crippen molar-refractivity contribution in [2.75, 3.05) is 6.61 Å². The van der Waals surface area contributed by atoms with Gasteiger partial charge in [-0.1, -0.05) is 116 Å². The fraction of sp³-hybridized carbons (Fsp3) is 0.581. The summed E-state index contributed by atoms with van der Waals surface area (Å²) in [6.45, 7) is 6.84. The zero-order valence-corrected chi connectivity index (χ0v) is 22.8. The molecule has 2 aromatic carbocycles. The number of halogens is 1. The summed E-state index contributed by atoms with van der Waals surface area (Å²) in [5.41, 5.74) is 2.15. The largest absolute Gasteiger partial charge is 0.494 e. The molecule has 0 fully saturated rings. The van der Waals surface area contributed by atoms with Gasteiger partial charge >= 0.3 is 5.97 Å². The minimum atomic E-state index is -0.642. The zero-order valence-electron chi connectivity index (χ0n) is 22.1. The van der Waals surface area contributed by atoms with Crippen molar-refractivity contribution in [1.29, 1.82) is 0 Å². The van der Waals surface area contributed by atoms with Crippen LogP contribution >= 0.6 is 11.6 Å². The number of ether oxygens (including phenoxy) is 2. The lowest BCUT2D eigenvalue weighted by atomic mass is 10.1. The van der Waals surface area contributed by atoms with Crippen molar-refractivity contribution >= 4 is 17.6 Å². The van der Waals surface area contributed by atoms with Gasteiger partial charge in [0.15, 0.2) is 0 Å². The number of carbonyl (C=O) groups excluding carboxylic acids is 1.